The van der Waals surface area contributed by atoms with Crippen LogP contribution in [-0.2, 0) is 22.4 Å². The van der Waals surface area contributed by atoms with Crippen LogP contribution in [0.25, 0.3) is 0 Å². The second kappa shape index (κ2) is 64.6. The predicted octanol–water partition coefficient (Wildman–Crippen LogP) is 10.1. The zero-order chi connectivity index (χ0) is 99.2. The van der Waals surface area contributed by atoms with Gasteiger partial charge in [0, 0.05) is 39.7 Å². The van der Waals surface area contributed by atoms with Crippen molar-refractivity contribution in [2.45, 2.75) is 6.92 Å². The van der Waals surface area contributed by atoms with Gasteiger partial charge in [-0.2, -0.15) is 0 Å². The van der Waals surface area contributed by atoms with Crippen molar-refractivity contribution in [1.82, 2.24) is 0 Å². The van der Waals surface area contributed by atoms with E-state index in [4.69, 9.17) is 112 Å². The van der Waals surface area contributed by atoms with Crippen LogP contribution in [0, 0.1) is 114 Å². The van der Waals surface area contributed by atoms with Crippen molar-refractivity contribution in [2.24, 2.45) is 5.34 Å². The minimum atomic E-state index is -2.36. The molecule has 0 fully saturated rings. The first kappa shape index (κ1) is 124. The first-order valence-corrected chi connectivity index (χ1v) is 47.4. The first-order valence-electron chi connectivity index (χ1n) is 39.5. The van der Waals surface area contributed by atoms with Crippen LogP contribution in [0.3, 0.4) is 0 Å². The molecule has 0 aromatic heterocycles. The molecule has 0 unspecified atom stereocenters. The number of hydrogen-bond acceptors (Lipinski definition) is 23. The molecular weight excluding hydrogens is 2110 g/mol. The molecule has 0 saturated heterocycles. The van der Waals surface area contributed by atoms with Gasteiger partial charge in [-0.25, -0.2) is 0 Å². The van der Waals surface area contributed by atoms with E-state index in [-0.39, 0.29) is 163 Å². The fourth-order valence-corrected chi connectivity index (χ4v) is 29.7. The Kier molecular flexibility index (Phi) is 57.0. The molecule has 0 amide bonds. The van der Waals surface area contributed by atoms with Crippen molar-refractivity contribution < 1.29 is 153 Å². The number of hydrogen-bond donors (Lipinski definition) is 2. The molecule has 0 bridgehead atoms. The van der Waals surface area contributed by atoms with Gasteiger partial charge >= 0.3 is 80.9 Å². The van der Waals surface area contributed by atoms with Crippen LogP contribution in [0.1, 0.15) is 5.56 Å². The number of nitro groups is 4. The molecule has 16 aromatic carbocycles. The standard InChI is InChI=1S/C25H21NO2P.2C24H18ClNO2P.C18H15P.C6H5ClN2O2.Ag.ClH.FH.K.HNO3.3NO3.HNO2.Na/c1-20-17-18-24(19-25(20)26(27)28)29(21-11-5-2-6-12-21,22-13-7-3-8-14-22)23-15-9-4-10-16-23;2*25-23-17-16-22(18-24(23)26(27)28)29(19-10-4-1-5-11-19,20-12-6-2-7-13-20)21-14-8-3-9-15-21;1-4-10-16(11-5-1)19(17-12-6-2-7-13-17)18-14-8-3-9-15-18;7-5-2-1-4(8)3-6(5)9(10)11;;;;;4*2-1(3)4;2-1-3;/h2-19H,1H3;2*1-18H;1-15H;1-3H,8H2;;2*1H;;(H,2,3,4);;;;(H,2,3);/q3*+1;;;;;;+1;;3*-1;;+1/p-2/i;;;;;;;1-1;;;;;;;. The SMILES string of the molecule is Cc1ccc([P+](c2ccccc2)(c2ccccc2)c2ccccc2)cc1[N+](=O)[O-].Cl.Nc1ccc(Cl)c([N+](=O)[O-])c1.O=N[O-].O=[N+]([O-])O.O=[N+]([O-])[O-].O=[N+]([O-])[O-].O=[N+]([O-])[O-].O=[N+]([O-])c1cc([P+](c2ccccc2)(c2ccccc2)c2ccccc2)ccc1Cl.O=[N+]([O-])c1cc([P+](c2ccccc2)(c2ccccc2)c2ccccc2)ccc1Cl.[18F-].[Ag].[K+].[Na+].c1ccc(P(c2ccccc2)c2ccccc2)cc1. The number of anilines is 1. The monoisotopic (exact) mass is 2190 g/mol. The molecule has 32 nitrogen and oxygen atoms in total. The van der Waals surface area contributed by atoms with Gasteiger partial charge < -0.3 is 71.7 Å². The van der Waals surface area contributed by atoms with Crippen molar-refractivity contribution in [1.29, 1.82) is 0 Å². The van der Waals surface area contributed by atoms with Gasteiger partial charge in [0.15, 0.2) is 0 Å². The zero-order valence-corrected chi connectivity index (χ0v) is 87.5. The molecule has 0 saturated carbocycles. The van der Waals surface area contributed by atoms with Gasteiger partial charge in [0.05, 0.1) is 53.2 Å². The average Bonchev–Trinajstić information content (AvgIpc) is 0.740. The van der Waals surface area contributed by atoms with Crippen LogP contribution in [-0.4, -0.2) is 45.2 Å². The minimum absolute atomic E-state index is 0. The van der Waals surface area contributed by atoms with Gasteiger partial charge in [-0.05, 0) is 188 Å². The van der Waals surface area contributed by atoms with Crippen molar-refractivity contribution >= 4 is 185 Å². The molecule has 16 aromatic rings. The number of nitrogens with two attached hydrogens (primary N) is 1. The second-order valence-electron chi connectivity index (χ2n) is 27.3. The number of halogens is 5. The summed E-state index contributed by atoms with van der Waals surface area (Å²) in [6.45, 7) is 1.79. The van der Waals surface area contributed by atoms with Crippen LogP contribution >= 0.6 is 76.9 Å². The maximum Gasteiger partial charge on any atom is 1.00 e. The topological polar surface area (TPSA) is 513 Å². The summed E-state index contributed by atoms with van der Waals surface area (Å²) in [7, 11) is -7.45. The predicted molar refractivity (Wildman–Crippen MR) is 552 cm³/mol. The molecule has 0 aliphatic heterocycles. The summed E-state index contributed by atoms with van der Waals surface area (Å²) in [4.78, 5) is 84.7. The second-order valence-corrected chi connectivity index (χ2v) is 41.0. The van der Waals surface area contributed by atoms with E-state index >= 15 is 0 Å². The number of nitrogens with zero attached hydrogens (tertiary/aromatic N) is 9. The summed E-state index contributed by atoms with van der Waals surface area (Å²) in [5.41, 5.74) is 6.16. The van der Waals surface area contributed by atoms with Crippen LogP contribution in [0.4, 0.5) is 28.4 Å². The van der Waals surface area contributed by atoms with Crippen molar-refractivity contribution in [2.75, 3.05) is 5.73 Å². The Morgan fingerprint density at radius 1 is 0.284 bits per heavy atom. The van der Waals surface area contributed by atoms with Gasteiger partial charge in [0.25, 0.3) is 27.8 Å². The molecule has 0 aliphatic carbocycles. The van der Waals surface area contributed by atoms with Crippen LogP contribution < -0.4 is 171 Å². The van der Waals surface area contributed by atoms with Gasteiger partial charge in [-0.15, -0.1) is 27.9 Å². The third kappa shape index (κ3) is 36.1. The number of aryl methyl sites for hydroxylation is 1. The molecule has 3 N–H and O–H groups in total. The number of nitrogen functional groups attached to an aromatic ring is 1. The van der Waals surface area contributed by atoms with Gasteiger partial charge in [0.1, 0.15) is 101 Å². The average molecular weight is 2190 g/mol. The molecule has 141 heavy (non-hydrogen) atoms. The maximum absolute atomic E-state index is 11.7. The molecule has 717 valence electrons. The zero-order valence-electron chi connectivity index (χ0n) is 74.2. The van der Waals surface area contributed by atoms with E-state index in [0.29, 0.717) is 11.3 Å². The van der Waals surface area contributed by atoms with E-state index in [9.17, 15) is 40.5 Å². The van der Waals surface area contributed by atoms with E-state index < -0.39 is 64.8 Å². The molecule has 0 heterocycles. The van der Waals surface area contributed by atoms with E-state index in [2.05, 4.69) is 206 Å². The quantitative estimate of drug-likeness (QED) is 0.0190. The Balaban J connectivity index is 0.000000576. The van der Waals surface area contributed by atoms with Gasteiger partial charge in [-0.3, -0.25) is 40.5 Å². The Morgan fingerprint density at radius 2 is 0.433 bits per heavy atom. The summed E-state index contributed by atoms with van der Waals surface area (Å²) < 4.78 is 0. The summed E-state index contributed by atoms with van der Waals surface area (Å²) >= 11 is 17.8. The third-order valence-corrected chi connectivity index (χ3v) is 35.5. The van der Waals surface area contributed by atoms with E-state index in [1.54, 1.807) is 37.3 Å². The third-order valence-electron chi connectivity index (χ3n) is 19.3. The maximum atomic E-state index is 11.7. The Morgan fingerprint density at radius 3 is 0.603 bits per heavy atom. The van der Waals surface area contributed by atoms with Crippen LogP contribution in [0.2, 0.25) is 15.1 Å². The summed E-state index contributed by atoms with van der Waals surface area (Å²) in [5, 5.41) is 130. The van der Waals surface area contributed by atoms with Crippen molar-refractivity contribution in [3.8, 4) is 0 Å². The molecule has 0 atom stereocenters. The Bertz CT molecular complexity index is 5710. The summed E-state index contributed by atoms with van der Waals surface area (Å²) in [6.07, 6.45) is 0. The van der Waals surface area contributed by atoms with Crippen molar-refractivity contribution in [3.63, 3.8) is 0 Å². The Labute approximate surface area is 910 Å². The Hall–Kier alpha value is -12.7. The number of rotatable bonds is 19. The van der Waals surface area contributed by atoms with Crippen molar-refractivity contribution in [3.05, 3.63) is 564 Å². The van der Waals surface area contributed by atoms with E-state index in [0.717, 1.165) is 53.1 Å². The molecule has 44 heteroatoms. The molecule has 1 radical (unpaired) electrons. The van der Waals surface area contributed by atoms with E-state index in [1.165, 1.54) is 50.0 Å². The summed E-state index contributed by atoms with van der Waals surface area (Å²) in [6, 6.07) is 145. The minimum Gasteiger partial charge on any atom is -1.00 e. The fourth-order valence-electron chi connectivity index (χ4n) is 14.1. The fraction of sp³-hybridized carbons (Fsp3) is 0.0103. The van der Waals surface area contributed by atoms with Crippen LogP contribution in [0.15, 0.2) is 442 Å². The molecule has 0 aliphatic rings. The molecule has 16 rings (SSSR count). The molecule has 0 spiro atoms. The molecular formula is C97H79AgCl4FKN10NaO22P4. The summed E-state index contributed by atoms with van der Waals surface area (Å²) in [5.74, 6) is 0. The normalized spacial score (nSPS) is 9.85. The first-order chi connectivity index (χ1) is 65.3. The van der Waals surface area contributed by atoms with E-state index in [1.807, 2.05) is 182 Å². The largest absolute Gasteiger partial charge is 1.00 e. The number of benzene rings is 16. The smallest absolute Gasteiger partial charge is 1.00 e. The van der Waals surface area contributed by atoms with Crippen LogP contribution in [0.5, 0.6) is 0 Å². The van der Waals surface area contributed by atoms with Gasteiger partial charge in [-0.1, -0.05) is 290 Å². The van der Waals surface area contributed by atoms with Gasteiger partial charge in [0.2, 0.25) is 0 Å². The number of nitro benzene ring substituents is 4.